The van der Waals surface area contributed by atoms with Crippen LogP contribution in [0.15, 0.2) is 48.6 Å². The van der Waals surface area contributed by atoms with Gasteiger partial charge in [-0.3, -0.25) is 0 Å². The average molecular weight is 224 g/mol. The number of benzene rings is 2. The number of hydrogen-bond acceptors (Lipinski definition) is 0. The molecule has 17 heavy (non-hydrogen) atoms. The lowest BCUT2D eigenvalue weighted by atomic mass is 9.99. The number of fused-ring (bicyclic) bond motifs is 3. The fourth-order valence-corrected chi connectivity index (χ4v) is 2.10. The summed E-state index contributed by atoms with van der Waals surface area (Å²) >= 11 is 0. The van der Waals surface area contributed by atoms with Crippen LogP contribution in [-0.4, -0.2) is 0 Å². The molecular formula is C17H20. The Kier molecular flexibility index (Phi) is 4.28. The molecule has 0 aromatic heterocycles. The van der Waals surface area contributed by atoms with E-state index >= 15 is 0 Å². The van der Waals surface area contributed by atoms with Gasteiger partial charge in [-0.25, -0.2) is 0 Å². The van der Waals surface area contributed by atoms with E-state index in [0.717, 1.165) is 6.42 Å². The van der Waals surface area contributed by atoms with Crippen molar-refractivity contribution < 1.29 is 0 Å². The molecule has 3 rings (SSSR count). The van der Waals surface area contributed by atoms with Gasteiger partial charge in [-0.1, -0.05) is 75.6 Å². The molecule has 0 bridgehead atoms. The van der Waals surface area contributed by atoms with Crippen LogP contribution in [0.3, 0.4) is 0 Å². The second-order valence-electron chi connectivity index (χ2n) is 3.83. The van der Waals surface area contributed by atoms with Crippen LogP contribution in [0.5, 0.6) is 0 Å². The van der Waals surface area contributed by atoms with E-state index in [1.54, 1.807) is 0 Å². The van der Waals surface area contributed by atoms with Crippen molar-refractivity contribution >= 4 is 22.9 Å². The molecule has 0 aliphatic heterocycles. The molecule has 0 nitrogen and oxygen atoms in total. The average Bonchev–Trinajstić information content (AvgIpc) is 2.54. The Morgan fingerprint density at radius 1 is 0.765 bits per heavy atom. The zero-order chi connectivity index (χ0) is 10.1. The van der Waals surface area contributed by atoms with E-state index in [0.29, 0.717) is 0 Å². The predicted octanol–water partition coefficient (Wildman–Crippen LogP) is 5.54. The molecule has 88 valence electrons. The second-order valence-corrected chi connectivity index (χ2v) is 3.83. The Bertz CT molecular complexity index is 559. The zero-order valence-corrected chi connectivity index (χ0v) is 8.48. The highest BCUT2D eigenvalue weighted by Gasteiger charge is 2.03. The third-order valence-corrected chi connectivity index (χ3v) is 2.86. The summed E-state index contributed by atoms with van der Waals surface area (Å²) in [6.45, 7) is 0. The molecule has 0 heteroatoms. The van der Waals surface area contributed by atoms with Gasteiger partial charge in [0, 0.05) is 0 Å². The van der Waals surface area contributed by atoms with Crippen molar-refractivity contribution in [3.63, 3.8) is 0 Å². The summed E-state index contributed by atoms with van der Waals surface area (Å²) in [6.07, 6.45) is 9.90. The summed E-state index contributed by atoms with van der Waals surface area (Å²) in [4.78, 5) is 0. The van der Waals surface area contributed by atoms with Gasteiger partial charge in [-0.15, -0.1) is 0 Å². The fourth-order valence-electron chi connectivity index (χ4n) is 2.10. The van der Waals surface area contributed by atoms with E-state index in [1.165, 1.54) is 21.9 Å². The van der Waals surface area contributed by atoms with Crippen LogP contribution in [0, 0.1) is 0 Å². The molecule has 2 aromatic carbocycles. The molecule has 0 spiro atoms. The first-order valence-electron chi connectivity index (χ1n) is 5.30. The van der Waals surface area contributed by atoms with Crippen LogP contribution < -0.4 is 0 Å². The predicted molar refractivity (Wildman–Crippen MR) is 80.1 cm³/mol. The molecule has 2 aromatic rings. The van der Waals surface area contributed by atoms with Gasteiger partial charge in [0.25, 0.3) is 0 Å². The maximum absolute atomic E-state index is 2.23. The van der Waals surface area contributed by atoms with Crippen molar-refractivity contribution in [2.45, 2.75) is 21.3 Å². The number of allylic oxidation sites excluding steroid dienone is 2. The van der Waals surface area contributed by atoms with Crippen LogP contribution in [0.25, 0.3) is 22.9 Å². The lowest BCUT2D eigenvalue weighted by Crippen LogP contribution is -1.82. The molecule has 0 unspecified atom stereocenters. The molecule has 1 aliphatic carbocycles. The first-order chi connectivity index (χ1) is 7.45. The van der Waals surface area contributed by atoms with Gasteiger partial charge >= 0.3 is 0 Å². The third kappa shape index (κ3) is 2.31. The normalized spacial score (nSPS) is 12.2. The number of hydrogen-bond donors (Lipinski definition) is 0. The molecule has 0 atom stereocenters. The minimum atomic E-state index is 0. The maximum atomic E-state index is 2.23. The van der Waals surface area contributed by atoms with Crippen LogP contribution in [0.1, 0.15) is 32.4 Å². The van der Waals surface area contributed by atoms with E-state index in [2.05, 4.69) is 60.7 Å². The first-order valence-corrected chi connectivity index (χ1v) is 5.30. The minimum absolute atomic E-state index is 0. The van der Waals surface area contributed by atoms with E-state index in [4.69, 9.17) is 0 Å². The zero-order valence-electron chi connectivity index (χ0n) is 8.48. The lowest BCUT2D eigenvalue weighted by Gasteiger charge is -2.05. The van der Waals surface area contributed by atoms with Crippen molar-refractivity contribution in [1.29, 1.82) is 0 Å². The monoisotopic (exact) mass is 224 g/mol. The van der Waals surface area contributed by atoms with E-state index < -0.39 is 0 Å². The lowest BCUT2D eigenvalue weighted by molar-refractivity contribution is 1.44. The van der Waals surface area contributed by atoms with E-state index in [9.17, 15) is 0 Å². The minimum Gasteiger partial charge on any atom is -0.0801 e. The van der Waals surface area contributed by atoms with Gasteiger partial charge in [0.15, 0.2) is 0 Å². The fraction of sp³-hybridized carbons (Fsp3) is 0.176. The third-order valence-electron chi connectivity index (χ3n) is 2.86. The van der Waals surface area contributed by atoms with Crippen LogP contribution >= 0.6 is 0 Å². The molecule has 0 N–H and O–H groups in total. The van der Waals surface area contributed by atoms with Crippen molar-refractivity contribution in [2.75, 3.05) is 0 Å². The summed E-state index contributed by atoms with van der Waals surface area (Å²) in [5.74, 6) is 0. The Hall–Kier alpha value is -1.82. The summed E-state index contributed by atoms with van der Waals surface area (Å²) < 4.78 is 0. The highest BCUT2D eigenvalue weighted by atomic mass is 14.1. The summed E-state index contributed by atoms with van der Waals surface area (Å²) in [5.41, 5.74) is 2.67. The van der Waals surface area contributed by atoms with Crippen molar-refractivity contribution in [3.8, 4) is 0 Å². The van der Waals surface area contributed by atoms with Crippen molar-refractivity contribution in [2.24, 2.45) is 0 Å². The smallest absolute Gasteiger partial charge is 0.0106 e. The van der Waals surface area contributed by atoms with Crippen molar-refractivity contribution in [3.05, 3.63) is 59.7 Å². The van der Waals surface area contributed by atoms with Gasteiger partial charge < -0.3 is 0 Å². The number of rotatable bonds is 0. The largest absolute Gasteiger partial charge is 0.0801 e. The van der Waals surface area contributed by atoms with Gasteiger partial charge in [-0.05, 0) is 28.3 Å². The topological polar surface area (TPSA) is 0 Å². The summed E-state index contributed by atoms with van der Waals surface area (Å²) in [7, 11) is 0. The Morgan fingerprint density at radius 3 is 2.41 bits per heavy atom. The first kappa shape index (κ1) is 13.2. The molecular weight excluding hydrogens is 204 g/mol. The molecule has 0 heterocycles. The second kappa shape index (κ2) is 5.49. The highest BCUT2D eigenvalue weighted by molar-refractivity contribution is 5.94. The molecule has 0 saturated carbocycles. The molecule has 0 radical (unpaired) electrons. The van der Waals surface area contributed by atoms with E-state index in [-0.39, 0.29) is 14.9 Å². The van der Waals surface area contributed by atoms with Crippen molar-refractivity contribution in [1.82, 2.24) is 0 Å². The Balaban J connectivity index is 0.000000722. The Labute approximate surface area is 104 Å². The summed E-state index contributed by atoms with van der Waals surface area (Å²) in [6, 6.07) is 12.9. The maximum Gasteiger partial charge on any atom is -0.0106 e. The summed E-state index contributed by atoms with van der Waals surface area (Å²) in [5, 5.41) is 2.66. The van der Waals surface area contributed by atoms with E-state index in [1.807, 2.05) is 0 Å². The molecule has 0 saturated heterocycles. The SMILES string of the molecule is C.C.C1=Cc2ccc3ccccc3c2C=CC1. The van der Waals surface area contributed by atoms with Crippen LogP contribution in [0.4, 0.5) is 0 Å². The molecule has 0 amide bonds. The van der Waals surface area contributed by atoms with Gasteiger partial charge in [0.05, 0.1) is 0 Å². The molecule has 0 fully saturated rings. The quantitative estimate of drug-likeness (QED) is 0.551. The van der Waals surface area contributed by atoms with Gasteiger partial charge in [0.2, 0.25) is 0 Å². The van der Waals surface area contributed by atoms with Crippen LogP contribution in [0.2, 0.25) is 0 Å². The highest BCUT2D eigenvalue weighted by Crippen LogP contribution is 2.26. The van der Waals surface area contributed by atoms with Gasteiger partial charge in [-0.2, -0.15) is 0 Å². The Morgan fingerprint density at radius 2 is 1.53 bits per heavy atom. The van der Waals surface area contributed by atoms with Gasteiger partial charge in [0.1, 0.15) is 0 Å². The van der Waals surface area contributed by atoms with Crippen LogP contribution in [-0.2, 0) is 0 Å². The standard InChI is InChI=1S/C15H12.2CH4/c1-2-6-12-10-11-13-7-4-5-9-15(13)14(12)8-3-1;;/h2-11H,1H2;2*1H4. The molecule has 1 aliphatic rings.